The number of rotatable bonds is 6. The monoisotopic (exact) mass is 513 g/mol. The standard InChI is InChI=1S/C28H20FN3O4S/c1-2-36-28(35)24-22-16-37-26(23(22)27(34)32(31-24)21-10-6-9-20(29)15-21)30-25(33)19-13-11-18(12-14-19)17-7-4-3-5-8-17/h3-16H,2H2,1H3,(H,30,33). The van der Waals surface area contributed by atoms with Crippen molar-refractivity contribution in [2.75, 3.05) is 11.9 Å². The summed E-state index contributed by atoms with van der Waals surface area (Å²) in [6.45, 7) is 1.76. The molecule has 0 saturated carbocycles. The van der Waals surface area contributed by atoms with Gasteiger partial charge in [-0.05, 0) is 48.4 Å². The molecule has 0 aliphatic carbocycles. The van der Waals surface area contributed by atoms with Crippen molar-refractivity contribution in [1.82, 2.24) is 9.78 Å². The van der Waals surface area contributed by atoms with Gasteiger partial charge < -0.3 is 10.1 Å². The fourth-order valence-electron chi connectivity index (χ4n) is 3.89. The second-order valence-corrected chi connectivity index (χ2v) is 8.90. The quantitative estimate of drug-likeness (QED) is 0.295. The Morgan fingerprint density at radius 3 is 2.43 bits per heavy atom. The maximum atomic E-state index is 13.9. The molecular formula is C28H20FN3O4S. The van der Waals surface area contributed by atoms with Gasteiger partial charge >= 0.3 is 5.97 Å². The predicted molar refractivity (Wildman–Crippen MR) is 141 cm³/mol. The minimum absolute atomic E-state index is 0.0848. The summed E-state index contributed by atoms with van der Waals surface area (Å²) in [5.41, 5.74) is 1.80. The SMILES string of the molecule is CCOC(=O)c1nn(-c2cccc(F)c2)c(=O)c2c(NC(=O)c3ccc(-c4ccccc4)cc3)scc12. The van der Waals surface area contributed by atoms with Crippen LogP contribution in [0.1, 0.15) is 27.8 Å². The third kappa shape index (κ3) is 4.76. The van der Waals surface area contributed by atoms with E-state index in [2.05, 4.69) is 10.4 Å². The van der Waals surface area contributed by atoms with Crippen molar-refractivity contribution in [2.45, 2.75) is 6.92 Å². The zero-order chi connectivity index (χ0) is 25.9. The van der Waals surface area contributed by atoms with Gasteiger partial charge in [-0.15, -0.1) is 11.3 Å². The van der Waals surface area contributed by atoms with Gasteiger partial charge in [-0.25, -0.2) is 9.18 Å². The fraction of sp³-hybridized carbons (Fsp3) is 0.0714. The van der Waals surface area contributed by atoms with Crippen LogP contribution in [-0.4, -0.2) is 28.3 Å². The molecular weight excluding hydrogens is 493 g/mol. The van der Waals surface area contributed by atoms with Crippen LogP contribution in [0, 0.1) is 5.82 Å². The Labute approximate surface area is 214 Å². The van der Waals surface area contributed by atoms with E-state index in [1.165, 1.54) is 18.2 Å². The maximum absolute atomic E-state index is 13.9. The average Bonchev–Trinajstić information content (AvgIpc) is 3.33. The van der Waals surface area contributed by atoms with Crippen molar-refractivity contribution in [2.24, 2.45) is 0 Å². The van der Waals surface area contributed by atoms with Gasteiger partial charge in [-0.2, -0.15) is 9.78 Å². The highest BCUT2D eigenvalue weighted by Crippen LogP contribution is 2.31. The van der Waals surface area contributed by atoms with Gasteiger partial charge in [0.2, 0.25) is 0 Å². The topological polar surface area (TPSA) is 90.3 Å². The van der Waals surface area contributed by atoms with Crippen molar-refractivity contribution in [3.8, 4) is 16.8 Å². The highest BCUT2D eigenvalue weighted by molar-refractivity contribution is 7.16. The largest absolute Gasteiger partial charge is 0.461 e. The Kier molecular flexibility index (Phi) is 6.61. The minimum atomic E-state index is -0.732. The van der Waals surface area contributed by atoms with E-state index < -0.39 is 23.3 Å². The van der Waals surface area contributed by atoms with Crippen LogP contribution < -0.4 is 10.9 Å². The first-order valence-corrected chi connectivity index (χ1v) is 12.3. The van der Waals surface area contributed by atoms with E-state index in [1.807, 2.05) is 42.5 Å². The number of carbonyl (C=O) groups is 2. The van der Waals surface area contributed by atoms with Crippen LogP contribution >= 0.6 is 11.3 Å². The summed E-state index contributed by atoms with van der Waals surface area (Å²) in [6, 6.07) is 22.1. The molecule has 0 saturated heterocycles. The zero-order valence-corrected chi connectivity index (χ0v) is 20.4. The lowest BCUT2D eigenvalue weighted by Crippen LogP contribution is -2.25. The summed E-state index contributed by atoms with van der Waals surface area (Å²) >= 11 is 1.09. The minimum Gasteiger partial charge on any atom is -0.461 e. The van der Waals surface area contributed by atoms with Crippen LogP contribution in [0.4, 0.5) is 9.39 Å². The number of esters is 1. The molecule has 1 amide bonds. The van der Waals surface area contributed by atoms with Crippen molar-refractivity contribution in [1.29, 1.82) is 0 Å². The van der Waals surface area contributed by atoms with Crippen LogP contribution in [-0.2, 0) is 4.74 Å². The number of hydrogen-bond acceptors (Lipinski definition) is 6. The van der Waals surface area contributed by atoms with Gasteiger partial charge in [0, 0.05) is 16.3 Å². The van der Waals surface area contributed by atoms with E-state index in [0.29, 0.717) is 5.56 Å². The van der Waals surface area contributed by atoms with Gasteiger partial charge in [-0.1, -0.05) is 48.5 Å². The number of halogens is 1. The van der Waals surface area contributed by atoms with E-state index in [9.17, 15) is 18.8 Å². The van der Waals surface area contributed by atoms with E-state index in [0.717, 1.165) is 33.2 Å². The highest BCUT2D eigenvalue weighted by Gasteiger charge is 2.23. The molecule has 0 unspecified atom stereocenters. The molecule has 5 aromatic rings. The number of hydrogen-bond donors (Lipinski definition) is 1. The summed E-state index contributed by atoms with van der Waals surface area (Å²) in [5.74, 6) is -1.72. The van der Waals surface area contributed by atoms with Crippen LogP contribution in [0.5, 0.6) is 0 Å². The Morgan fingerprint density at radius 1 is 1.00 bits per heavy atom. The van der Waals surface area contributed by atoms with Crippen molar-refractivity contribution >= 4 is 39.0 Å². The summed E-state index contributed by atoms with van der Waals surface area (Å²) in [5, 5.41) is 9.10. The second kappa shape index (κ2) is 10.2. The van der Waals surface area contributed by atoms with E-state index in [-0.39, 0.29) is 33.8 Å². The maximum Gasteiger partial charge on any atom is 0.359 e. The average molecular weight is 514 g/mol. The third-order valence-corrected chi connectivity index (χ3v) is 6.55. The lowest BCUT2D eigenvalue weighted by molar-refractivity contribution is 0.0520. The van der Waals surface area contributed by atoms with Gasteiger partial charge in [0.15, 0.2) is 5.69 Å². The smallest absolute Gasteiger partial charge is 0.359 e. The van der Waals surface area contributed by atoms with Gasteiger partial charge in [0.1, 0.15) is 10.8 Å². The molecule has 3 aromatic carbocycles. The first-order valence-electron chi connectivity index (χ1n) is 11.4. The first kappa shape index (κ1) is 24.1. The molecule has 0 bridgehead atoms. The van der Waals surface area contributed by atoms with Crippen molar-refractivity contribution in [3.05, 3.63) is 112 Å². The number of carbonyl (C=O) groups excluding carboxylic acids is 2. The third-order valence-electron chi connectivity index (χ3n) is 5.66. The van der Waals surface area contributed by atoms with E-state index in [4.69, 9.17) is 4.74 Å². The van der Waals surface area contributed by atoms with Crippen molar-refractivity contribution < 1.29 is 18.7 Å². The number of anilines is 1. The molecule has 0 spiro atoms. The first-order chi connectivity index (χ1) is 18.0. The summed E-state index contributed by atoms with van der Waals surface area (Å²) in [6.07, 6.45) is 0. The number of fused-ring (bicyclic) bond motifs is 1. The molecule has 9 heteroatoms. The van der Waals surface area contributed by atoms with Gasteiger partial charge in [0.05, 0.1) is 17.7 Å². The Morgan fingerprint density at radius 2 is 1.73 bits per heavy atom. The van der Waals surface area contributed by atoms with Crippen LogP contribution in [0.15, 0.2) is 89.0 Å². The number of ether oxygens (including phenoxy) is 1. The number of aromatic nitrogens is 2. The summed E-state index contributed by atoms with van der Waals surface area (Å²) < 4.78 is 20.0. The van der Waals surface area contributed by atoms with Crippen LogP contribution in [0.2, 0.25) is 0 Å². The summed E-state index contributed by atoms with van der Waals surface area (Å²) in [7, 11) is 0. The van der Waals surface area contributed by atoms with E-state index >= 15 is 0 Å². The molecule has 184 valence electrons. The highest BCUT2D eigenvalue weighted by atomic mass is 32.1. The fourth-order valence-corrected chi connectivity index (χ4v) is 4.83. The zero-order valence-electron chi connectivity index (χ0n) is 19.6. The normalized spacial score (nSPS) is 10.9. The number of amides is 1. The molecule has 0 atom stereocenters. The lowest BCUT2D eigenvalue weighted by atomic mass is 10.0. The Bertz CT molecular complexity index is 1680. The molecule has 0 aliphatic rings. The molecule has 1 N–H and O–H groups in total. The molecule has 0 radical (unpaired) electrons. The number of thiophene rings is 1. The molecule has 0 aliphatic heterocycles. The number of benzene rings is 3. The van der Waals surface area contributed by atoms with Gasteiger partial charge in [-0.3, -0.25) is 9.59 Å². The predicted octanol–water partition coefficient (Wildman–Crippen LogP) is 5.68. The molecule has 2 aromatic heterocycles. The second-order valence-electron chi connectivity index (χ2n) is 8.02. The van der Waals surface area contributed by atoms with Crippen LogP contribution in [0.3, 0.4) is 0 Å². The van der Waals surface area contributed by atoms with Crippen molar-refractivity contribution in [3.63, 3.8) is 0 Å². The Hall–Kier alpha value is -4.63. The molecule has 2 heterocycles. The molecule has 0 fully saturated rings. The van der Waals surface area contributed by atoms with E-state index in [1.54, 1.807) is 24.4 Å². The molecule has 5 rings (SSSR count). The van der Waals surface area contributed by atoms with Gasteiger partial charge in [0.25, 0.3) is 11.5 Å². The molecule has 7 nitrogen and oxygen atoms in total. The molecule has 37 heavy (non-hydrogen) atoms. The number of nitrogens with one attached hydrogen (secondary N) is 1. The Balaban J connectivity index is 1.55. The summed E-state index contributed by atoms with van der Waals surface area (Å²) in [4.78, 5) is 39.2. The van der Waals surface area contributed by atoms with Crippen LogP contribution in [0.25, 0.3) is 27.6 Å². The number of nitrogens with zero attached hydrogens (tertiary/aromatic N) is 2. The lowest BCUT2D eigenvalue weighted by Gasteiger charge is -2.10.